The van der Waals surface area contributed by atoms with Crippen LogP contribution in [0.25, 0.3) is 0 Å². The van der Waals surface area contributed by atoms with E-state index in [1.165, 1.54) is 0 Å². The fourth-order valence-electron chi connectivity index (χ4n) is 2.01. The molecule has 0 saturated carbocycles. The van der Waals surface area contributed by atoms with E-state index in [0.29, 0.717) is 11.4 Å². The van der Waals surface area contributed by atoms with Crippen LogP contribution in [0.1, 0.15) is 13.3 Å². The lowest BCUT2D eigenvalue weighted by Gasteiger charge is -2.17. The third kappa shape index (κ3) is 2.61. The maximum atomic E-state index is 11.6. The van der Waals surface area contributed by atoms with Crippen molar-refractivity contribution in [3.63, 3.8) is 0 Å². The van der Waals surface area contributed by atoms with E-state index < -0.39 is 9.84 Å². The summed E-state index contributed by atoms with van der Waals surface area (Å²) in [5.74, 6) is 0.120. The van der Waals surface area contributed by atoms with Crippen LogP contribution in [0.3, 0.4) is 0 Å². The Bertz CT molecular complexity index is 481. The first-order valence-electron chi connectivity index (χ1n) is 5.79. The van der Waals surface area contributed by atoms with Crippen LogP contribution in [0.15, 0.2) is 29.2 Å². The van der Waals surface area contributed by atoms with E-state index in [9.17, 15) is 13.5 Å². The standard InChI is InChI=1S/C12H17NO3S/c1-2-17(15,16)12-5-3-10(4-6-12)13-8-7-11(14)9-13/h3-6,11,14H,2,7-9H2,1H3/t11-/m1/s1. The molecule has 0 unspecified atom stereocenters. The second-order valence-electron chi connectivity index (χ2n) is 4.29. The number of sulfone groups is 1. The summed E-state index contributed by atoms with van der Waals surface area (Å²) >= 11 is 0. The van der Waals surface area contributed by atoms with Crippen LogP contribution in [0.4, 0.5) is 5.69 Å². The molecule has 1 saturated heterocycles. The Labute approximate surface area is 102 Å². The van der Waals surface area contributed by atoms with Gasteiger partial charge in [0.2, 0.25) is 0 Å². The minimum Gasteiger partial charge on any atom is -0.391 e. The van der Waals surface area contributed by atoms with Crippen LogP contribution in [-0.2, 0) is 9.84 Å². The number of nitrogens with zero attached hydrogens (tertiary/aromatic N) is 1. The third-order valence-electron chi connectivity index (χ3n) is 3.10. The average molecular weight is 255 g/mol. The number of rotatable bonds is 3. The zero-order valence-corrected chi connectivity index (χ0v) is 10.7. The molecule has 0 radical (unpaired) electrons. The van der Waals surface area contributed by atoms with Gasteiger partial charge in [-0.1, -0.05) is 6.92 Å². The second-order valence-corrected chi connectivity index (χ2v) is 6.56. The van der Waals surface area contributed by atoms with Crippen LogP contribution in [-0.4, -0.2) is 38.5 Å². The highest BCUT2D eigenvalue weighted by Gasteiger charge is 2.20. The molecule has 0 bridgehead atoms. The van der Waals surface area contributed by atoms with E-state index in [1.807, 2.05) is 0 Å². The first kappa shape index (κ1) is 12.4. The van der Waals surface area contributed by atoms with E-state index in [2.05, 4.69) is 4.90 Å². The van der Waals surface area contributed by atoms with Gasteiger partial charge in [0.25, 0.3) is 0 Å². The van der Waals surface area contributed by atoms with Gasteiger partial charge >= 0.3 is 0 Å². The Morgan fingerprint density at radius 3 is 2.47 bits per heavy atom. The highest BCUT2D eigenvalue weighted by atomic mass is 32.2. The summed E-state index contributed by atoms with van der Waals surface area (Å²) in [5, 5.41) is 9.45. The molecule has 1 aromatic carbocycles. The van der Waals surface area contributed by atoms with Crippen molar-refractivity contribution in [3.8, 4) is 0 Å². The van der Waals surface area contributed by atoms with Crippen molar-refractivity contribution >= 4 is 15.5 Å². The number of hydrogen-bond acceptors (Lipinski definition) is 4. The predicted octanol–water partition coefficient (Wildman–Crippen LogP) is 1.05. The molecule has 5 heteroatoms. The number of aliphatic hydroxyl groups excluding tert-OH is 1. The van der Waals surface area contributed by atoms with Gasteiger partial charge in [-0.05, 0) is 30.7 Å². The van der Waals surface area contributed by atoms with Crippen LogP contribution >= 0.6 is 0 Å². The first-order chi connectivity index (χ1) is 8.03. The van der Waals surface area contributed by atoms with E-state index >= 15 is 0 Å². The summed E-state index contributed by atoms with van der Waals surface area (Å²) in [5.41, 5.74) is 0.969. The van der Waals surface area contributed by atoms with Crippen LogP contribution in [0.2, 0.25) is 0 Å². The van der Waals surface area contributed by atoms with Crippen molar-refractivity contribution in [2.75, 3.05) is 23.7 Å². The maximum Gasteiger partial charge on any atom is 0.178 e. The van der Waals surface area contributed by atoms with Gasteiger partial charge in [-0.15, -0.1) is 0 Å². The smallest absolute Gasteiger partial charge is 0.178 e. The molecule has 94 valence electrons. The lowest BCUT2D eigenvalue weighted by molar-refractivity contribution is 0.198. The Morgan fingerprint density at radius 1 is 1.35 bits per heavy atom. The van der Waals surface area contributed by atoms with Gasteiger partial charge < -0.3 is 10.0 Å². The minimum absolute atomic E-state index is 0.120. The van der Waals surface area contributed by atoms with E-state index in [-0.39, 0.29) is 11.9 Å². The van der Waals surface area contributed by atoms with Crippen molar-refractivity contribution in [3.05, 3.63) is 24.3 Å². The summed E-state index contributed by atoms with van der Waals surface area (Å²) in [6.45, 7) is 3.08. The Morgan fingerprint density at radius 2 is 2.00 bits per heavy atom. The summed E-state index contributed by atoms with van der Waals surface area (Å²) < 4.78 is 23.3. The molecule has 1 atom stereocenters. The lowest BCUT2D eigenvalue weighted by atomic mass is 10.3. The van der Waals surface area contributed by atoms with Crippen LogP contribution in [0, 0.1) is 0 Å². The number of hydrogen-bond donors (Lipinski definition) is 1. The quantitative estimate of drug-likeness (QED) is 0.877. The Hall–Kier alpha value is -1.07. The van der Waals surface area contributed by atoms with E-state index in [0.717, 1.165) is 18.7 Å². The third-order valence-corrected chi connectivity index (χ3v) is 4.85. The number of benzene rings is 1. The first-order valence-corrected chi connectivity index (χ1v) is 7.44. The van der Waals surface area contributed by atoms with Crippen LogP contribution in [0.5, 0.6) is 0 Å². The minimum atomic E-state index is -3.12. The van der Waals surface area contributed by atoms with Gasteiger partial charge in [-0.3, -0.25) is 0 Å². The zero-order valence-electron chi connectivity index (χ0n) is 9.83. The molecular weight excluding hydrogens is 238 g/mol. The summed E-state index contributed by atoms with van der Waals surface area (Å²) in [7, 11) is -3.12. The number of β-amino-alcohol motifs (C(OH)–C–C–N with tert-alkyl or cyclic N) is 1. The van der Waals surface area contributed by atoms with Gasteiger partial charge in [0.1, 0.15) is 0 Å². The molecule has 1 fully saturated rings. The number of aliphatic hydroxyl groups is 1. The molecule has 17 heavy (non-hydrogen) atoms. The zero-order chi connectivity index (χ0) is 12.5. The van der Waals surface area contributed by atoms with Crippen molar-refractivity contribution in [2.24, 2.45) is 0 Å². The molecule has 0 aliphatic carbocycles. The molecule has 0 aromatic heterocycles. The monoisotopic (exact) mass is 255 g/mol. The molecule has 4 nitrogen and oxygen atoms in total. The van der Waals surface area contributed by atoms with Crippen molar-refractivity contribution in [1.29, 1.82) is 0 Å². The fraction of sp³-hybridized carbons (Fsp3) is 0.500. The van der Waals surface area contributed by atoms with Gasteiger partial charge in [-0.25, -0.2) is 8.42 Å². The molecule has 0 amide bonds. The van der Waals surface area contributed by atoms with Crippen LogP contribution < -0.4 is 4.90 Å². The Kier molecular flexibility index (Phi) is 3.40. The largest absolute Gasteiger partial charge is 0.391 e. The van der Waals surface area contributed by atoms with Crippen molar-refractivity contribution in [1.82, 2.24) is 0 Å². The molecule has 1 aliphatic heterocycles. The molecule has 1 N–H and O–H groups in total. The molecular formula is C12H17NO3S. The molecule has 1 aromatic rings. The van der Waals surface area contributed by atoms with Gasteiger partial charge in [0.05, 0.1) is 16.8 Å². The van der Waals surface area contributed by atoms with Crippen molar-refractivity contribution < 1.29 is 13.5 Å². The molecule has 2 rings (SSSR count). The predicted molar refractivity (Wildman–Crippen MR) is 67.0 cm³/mol. The van der Waals surface area contributed by atoms with Gasteiger partial charge in [0.15, 0.2) is 9.84 Å². The van der Waals surface area contributed by atoms with Gasteiger partial charge in [-0.2, -0.15) is 0 Å². The summed E-state index contributed by atoms with van der Waals surface area (Å²) in [6.07, 6.45) is 0.503. The maximum absolute atomic E-state index is 11.6. The highest BCUT2D eigenvalue weighted by molar-refractivity contribution is 7.91. The van der Waals surface area contributed by atoms with Gasteiger partial charge in [0, 0.05) is 18.8 Å². The molecule has 0 spiro atoms. The normalized spacial score (nSPS) is 20.8. The number of anilines is 1. The molecule has 1 heterocycles. The lowest BCUT2D eigenvalue weighted by Crippen LogP contribution is -2.21. The summed E-state index contributed by atoms with van der Waals surface area (Å²) in [4.78, 5) is 2.43. The Balaban J connectivity index is 2.19. The average Bonchev–Trinajstić information content (AvgIpc) is 2.76. The van der Waals surface area contributed by atoms with E-state index in [1.54, 1.807) is 31.2 Å². The molecule has 1 aliphatic rings. The van der Waals surface area contributed by atoms with Crippen molar-refractivity contribution in [2.45, 2.75) is 24.3 Å². The summed E-state index contributed by atoms with van der Waals surface area (Å²) in [6, 6.07) is 6.89. The second kappa shape index (κ2) is 4.66. The fourth-order valence-corrected chi connectivity index (χ4v) is 2.89. The topological polar surface area (TPSA) is 57.6 Å². The highest BCUT2D eigenvalue weighted by Crippen LogP contribution is 2.22. The SMILES string of the molecule is CCS(=O)(=O)c1ccc(N2CC[C@@H](O)C2)cc1. The van der Waals surface area contributed by atoms with E-state index in [4.69, 9.17) is 0 Å².